The highest BCUT2D eigenvalue weighted by atomic mass is 16.5. The molecule has 1 atom stereocenters. The largest absolute Gasteiger partial charge is 0.340 e. The van der Waals surface area contributed by atoms with E-state index in [4.69, 9.17) is 4.52 Å². The molecule has 5 nitrogen and oxygen atoms in total. The summed E-state index contributed by atoms with van der Waals surface area (Å²) < 4.78 is 5.53. The molecule has 1 aromatic heterocycles. The zero-order chi connectivity index (χ0) is 20.1. The summed E-state index contributed by atoms with van der Waals surface area (Å²) >= 11 is 0. The molecule has 0 unspecified atom stereocenters. The number of nitrogens with one attached hydrogen (secondary N) is 1. The molecule has 1 heterocycles. The number of amides is 1. The summed E-state index contributed by atoms with van der Waals surface area (Å²) in [6, 6.07) is 26.6. The third-order valence-corrected chi connectivity index (χ3v) is 4.67. The van der Waals surface area contributed by atoms with Gasteiger partial charge in [0.2, 0.25) is 11.7 Å². The van der Waals surface area contributed by atoms with Crippen molar-refractivity contribution in [2.24, 2.45) is 0 Å². The van der Waals surface area contributed by atoms with Crippen LogP contribution in [0.1, 0.15) is 33.4 Å². The molecule has 29 heavy (non-hydrogen) atoms. The first kappa shape index (κ1) is 18.6. The molecule has 0 saturated carbocycles. The van der Waals surface area contributed by atoms with Gasteiger partial charge >= 0.3 is 0 Å². The number of aromatic nitrogens is 2. The second-order valence-electron chi connectivity index (χ2n) is 6.90. The van der Waals surface area contributed by atoms with Gasteiger partial charge in [0.1, 0.15) is 6.04 Å². The molecule has 0 bridgehead atoms. The van der Waals surface area contributed by atoms with E-state index in [1.165, 1.54) is 0 Å². The van der Waals surface area contributed by atoms with E-state index in [2.05, 4.69) is 15.5 Å². The lowest BCUT2D eigenvalue weighted by Gasteiger charge is -2.15. The van der Waals surface area contributed by atoms with Gasteiger partial charge in [-0.15, -0.1) is 0 Å². The fourth-order valence-corrected chi connectivity index (χ4v) is 3.08. The number of nitrogens with zero attached hydrogens (tertiary/aromatic N) is 2. The van der Waals surface area contributed by atoms with Crippen LogP contribution in [-0.2, 0) is 6.42 Å². The van der Waals surface area contributed by atoms with E-state index in [1.54, 1.807) is 0 Å². The van der Waals surface area contributed by atoms with E-state index in [9.17, 15) is 4.79 Å². The Kier molecular flexibility index (Phi) is 5.47. The van der Waals surface area contributed by atoms with E-state index in [0.717, 1.165) is 16.7 Å². The lowest BCUT2D eigenvalue weighted by atomic mass is 10.0. The van der Waals surface area contributed by atoms with Crippen molar-refractivity contribution in [2.75, 3.05) is 0 Å². The molecule has 0 aliphatic heterocycles. The highest BCUT2D eigenvalue weighted by Gasteiger charge is 2.23. The molecule has 5 heteroatoms. The smallest absolute Gasteiger partial charge is 0.251 e. The molecule has 144 valence electrons. The minimum atomic E-state index is -0.434. The third-order valence-electron chi connectivity index (χ3n) is 4.67. The second-order valence-corrected chi connectivity index (χ2v) is 6.90. The number of hydrogen-bond donors (Lipinski definition) is 1. The van der Waals surface area contributed by atoms with Gasteiger partial charge in [0.05, 0.1) is 0 Å². The highest BCUT2D eigenvalue weighted by Crippen LogP contribution is 2.22. The normalized spacial score (nSPS) is 11.8. The van der Waals surface area contributed by atoms with Crippen LogP contribution >= 0.6 is 0 Å². The Labute approximate surface area is 169 Å². The third kappa shape index (κ3) is 4.58. The Morgan fingerprint density at radius 1 is 0.931 bits per heavy atom. The Bertz CT molecular complexity index is 1070. The van der Waals surface area contributed by atoms with Crippen LogP contribution in [0.15, 0.2) is 89.5 Å². The molecular weight excluding hydrogens is 362 g/mol. The van der Waals surface area contributed by atoms with Crippen LogP contribution in [0.5, 0.6) is 0 Å². The number of aryl methyl sites for hydroxylation is 1. The molecule has 0 spiro atoms. The molecular formula is C24H21N3O2. The summed E-state index contributed by atoms with van der Waals surface area (Å²) in [5, 5.41) is 7.15. The van der Waals surface area contributed by atoms with Crippen LogP contribution in [-0.4, -0.2) is 16.0 Å². The van der Waals surface area contributed by atoms with Crippen molar-refractivity contribution in [1.29, 1.82) is 0 Å². The minimum Gasteiger partial charge on any atom is -0.340 e. The summed E-state index contributed by atoms with van der Waals surface area (Å²) in [7, 11) is 0. The van der Waals surface area contributed by atoms with Crippen molar-refractivity contribution in [2.45, 2.75) is 19.4 Å². The van der Waals surface area contributed by atoms with E-state index >= 15 is 0 Å². The van der Waals surface area contributed by atoms with Gasteiger partial charge in [0.15, 0.2) is 0 Å². The fourth-order valence-electron chi connectivity index (χ4n) is 3.08. The number of benzene rings is 3. The van der Waals surface area contributed by atoms with E-state index in [0.29, 0.717) is 23.7 Å². The summed E-state index contributed by atoms with van der Waals surface area (Å²) in [4.78, 5) is 17.4. The molecule has 0 radical (unpaired) electrons. The fraction of sp³-hybridized carbons (Fsp3) is 0.125. The van der Waals surface area contributed by atoms with Crippen molar-refractivity contribution in [1.82, 2.24) is 15.5 Å². The Morgan fingerprint density at radius 3 is 2.28 bits per heavy atom. The summed E-state index contributed by atoms with van der Waals surface area (Å²) in [5.74, 6) is 0.710. The maximum absolute atomic E-state index is 12.8. The molecule has 1 amide bonds. The molecule has 0 saturated heterocycles. The van der Waals surface area contributed by atoms with Crippen LogP contribution in [0.2, 0.25) is 0 Å². The monoisotopic (exact) mass is 383 g/mol. The lowest BCUT2D eigenvalue weighted by molar-refractivity contribution is 0.0928. The number of carbonyl (C=O) groups is 1. The highest BCUT2D eigenvalue weighted by molar-refractivity contribution is 5.94. The van der Waals surface area contributed by atoms with Gasteiger partial charge in [-0.3, -0.25) is 4.79 Å². The molecule has 1 N–H and O–H groups in total. The van der Waals surface area contributed by atoms with Crippen LogP contribution in [0.4, 0.5) is 0 Å². The Hall–Kier alpha value is -3.73. The van der Waals surface area contributed by atoms with Crippen LogP contribution in [0.25, 0.3) is 11.4 Å². The van der Waals surface area contributed by atoms with Crippen molar-refractivity contribution < 1.29 is 9.32 Å². The predicted octanol–water partition coefficient (Wildman–Crippen LogP) is 4.76. The number of hydrogen-bond acceptors (Lipinski definition) is 4. The van der Waals surface area contributed by atoms with Gasteiger partial charge in [-0.05, 0) is 24.6 Å². The summed E-state index contributed by atoms with van der Waals surface area (Å²) in [6.07, 6.45) is 0.550. The predicted molar refractivity (Wildman–Crippen MR) is 111 cm³/mol. The Balaban J connectivity index is 1.61. The molecule has 4 rings (SSSR count). The molecule has 4 aromatic rings. The quantitative estimate of drug-likeness (QED) is 0.521. The summed E-state index contributed by atoms with van der Waals surface area (Å²) in [5.41, 5.74) is 3.63. The number of carbonyl (C=O) groups excluding carboxylic acids is 1. The van der Waals surface area contributed by atoms with E-state index in [1.807, 2.05) is 91.9 Å². The van der Waals surface area contributed by atoms with Crippen molar-refractivity contribution in [3.05, 3.63) is 108 Å². The van der Waals surface area contributed by atoms with Crippen molar-refractivity contribution in [3.63, 3.8) is 0 Å². The van der Waals surface area contributed by atoms with E-state index < -0.39 is 6.04 Å². The van der Waals surface area contributed by atoms with Gasteiger partial charge in [0.25, 0.3) is 5.91 Å². The SMILES string of the molecule is Cc1ccc(C(=O)N[C@@H](Cc2ccccc2)c2nc(-c3ccccc3)no2)cc1. The molecule has 0 aliphatic carbocycles. The first-order chi connectivity index (χ1) is 14.2. The maximum atomic E-state index is 12.8. The number of rotatable bonds is 6. The molecule has 0 fully saturated rings. The first-order valence-corrected chi connectivity index (χ1v) is 9.49. The van der Waals surface area contributed by atoms with Crippen molar-refractivity contribution >= 4 is 5.91 Å². The molecule has 0 aliphatic rings. The summed E-state index contributed by atoms with van der Waals surface area (Å²) in [6.45, 7) is 1.99. The maximum Gasteiger partial charge on any atom is 0.251 e. The average molecular weight is 383 g/mol. The van der Waals surface area contributed by atoms with Crippen LogP contribution in [0, 0.1) is 6.92 Å². The van der Waals surface area contributed by atoms with Gasteiger partial charge in [-0.25, -0.2) is 0 Å². The second kappa shape index (κ2) is 8.52. The zero-order valence-electron chi connectivity index (χ0n) is 16.1. The van der Waals surface area contributed by atoms with E-state index in [-0.39, 0.29) is 5.91 Å². The lowest BCUT2D eigenvalue weighted by Crippen LogP contribution is -2.30. The topological polar surface area (TPSA) is 68.0 Å². The van der Waals surface area contributed by atoms with Crippen molar-refractivity contribution in [3.8, 4) is 11.4 Å². The average Bonchev–Trinajstić information content (AvgIpc) is 3.25. The van der Waals surface area contributed by atoms with Gasteiger partial charge in [0, 0.05) is 17.5 Å². The standard InChI is InChI=1S/C24H21N3O2/c1-17-12-14-20(15-13-17)23(28)25-21(16-18-8-4-2-5-9-18)24-26-22(27-29-24)19-10-6-3-7-11-19/h2-15,21H,16H2,1H3,(H,25,28)/t21-/m0/s1. The van der Waals surface area contributed by atoms with Gasteiger partial charge in [-0.1, -0.05) is 83.5 Å². The zero-order valence-corrected chi connectivity index (χ0v) is 16.1. The van der Waals surface area contributed by atoms with Crippen LogP contribution in [0.3, 0.4) is 0 Å². The van der Waals surface area contributed by atoms with Crippen LogP contribution < -0.4 is 5.32 Å². The van der Waals surface area contributed by atoms with Gasteiger partial charge < -0.3 is 9.84 Å². The van der Waals surface area contributed by atoms with Gasteiger partial charge in [-0.2, -0.15) is 4.98 Å². The Morgan fingerprint density at radius 2 is 1.59 bits per heavy atom. The first-order valence-electron chi connectivity index (χ1n) is 9.49. The minimum absolute atomic E-state index is 0.176. The molecule has 3 aromatic carbocycles.